The highest BCUT2D eigenvalue weighted by Gasteiger charge is 2.49. The molecule has 2 heterocycles. The molecule has 2 aliphatic rings. The highest BCUT2D eigenvalue weighted by Crippen LogP contribution is 2.41. The Labute approximate surface area is 129 Å². The molecular formula is C16H20ClNO3. The number of hydrogen-bond donors (Lipinski definition) is 1. The van der Waals surface area contributed by atoms with Crippen LogP contribution in [0.1, 0.15) is 12.0 Å². The zero-order chi connectivity index (χ0) is 14.9. The molecule has 0 aromatic heterocycles. The second kappa shape index (κ2) is 5.95. The number of aliphatic hydroxyl groups excluding tert-OH is 1. The van der Waals surface area contributed by atoms with Gasteiger partial charge in [-0.15, -0.1) is 0 Å². The van der Waals surface area contributed by atoms with Gasteiger partial charge in [-0.2, -0.15) is 0 Å². The smallest absolute Gasteiger partial charge is 0.227 e. The number of likely N-dealkylation sites (tertiary alicyclic amines) is 1. The van der Waals surface area contributed by atoms with Gasteiger partial charge in [0.05, 0.1) is 19.6 Å². The SMILES string of the molecule is O=C(Cc1cccc(Cl)c1)N1C[C@@H]2COCC[C@]2(CO)C1. The van der Waals surface area contributed by atoms with Crippen molar-refractivity contribution in [2.45, 2.75) is 12.8 Å². The van der Waals surface area contributed by atoms with Gasteiger partial charge in [0.15, 0.2) is 0 Å². The first-order valence-electron chi connectivity index (χ1n) is 7.34. The Balaban J connectivity index is 1.69. The highest BCUT2D eigenvalue weighted by atomic mass is 35.5. The number of fused-ring (bicyclic) bond motifs is 1. The van der Waals surface area contributed by atoms with E-state index in [1.165, 1.54) is 0 Å². The summed E-state index contributed by atoms with van der Waals surface area (Å²) in [6.45, 7) is 2.76. The molecule has 4 nitrogen and oxygen atoms in total. The molecule has 21 heavy (non-hydrogen) atoms. The molecular weight excluding hydrogens is 290 g/mol. The minimum absolute atomic E-state index is 0.0968. The van der Waals surface area contributed by atoms with Gasteiger partial charge < -0.3 is 14.7 Å². The Hall–Kier alpha value is -1.10. The maximum Gasteiger partial charge on any atom is 0.227 e. The van der Waals surface area contributed by atoms with E-state index < -0.39 is 0 Å². The van der Waals surface area contributed by atoms with Crippen molar-refractivity contribution in [1.29, 1.82) is 0 Å². The lowest BCUT2D eigenvalue weighted by Gasteiger charge is -2.36. The summed E-state index contributed by atoms with van der Waals surface area (Å²) in [5, 5.41) is 10.4. The normalized spacial score (nSPS) is 28.5. The third-order valence-electron chi connectivity index (χ3n) is 4.79. The van der Waals surface area contributed by atoms with Crippen LogP contribution in [-0.4, -0.2) is 48.8 Å². The zero-order valence-electron chi connectivity index (χ0n) is 11.9. The summed E-state index contributed by atoms with van der Waals surface area (Å²) in [7, 11) is 0. The molecule has 2 aliphatic heterocycles. The van der Waals surface area contributed by atoms with E-state index in [9.17, 15) is 9.90 Å². The molecule has 114 valence electrons. The summed E-state index contributed by atoms with van der Waals surface area (Å²) < 4.78 is 5.51. The Morgan fingerprint density at radius 2 is 2.38 bits per heavy atom. The van der Waals surface area contributed by atoms with Crippen molar-refractivity contribution in [1.82, 2.24) is 4.90 Å². The summed E-state index contributed by atoms with van der Waals surface area (Å²) in [6.07, 6.45) is 1.19. The summed E-state index contributed by atoms with van der Waals surface area (Å²) in [5.41, 5.74) is 0.763. The number of amides is 1. The quantitative estimate of drug-likeness (QED) is 0.925. The van der Waals surface area contributed by atoms with Gasteiger partial charge in [0, 0.05) is 36.1 Å². The summed E-state index contributed by atoms with van der Waals surface area (Å²) >= 11 is 5.96. The van der Waals surface area contributed by atoms with Gasteiger partial charge >= 0.3 is 0 Å². The van der Waals surface area contributed by atoms with Crippen LogP contribution in [0.4, 0.5) is 0 Å². The number of aliphatic hydroxyl groups is 1. The molecule has 3 rings (SSSR count). The molecule has 2 saturated heterocycles. The van der Waals surface area contributed by atoms with Gasteiger partial charge in [-0.3, -0.25) is 4.79 Å². The van der Waals surface area contributed by atoms with Crippen molar-refractivity contribution < 1.29 is 14.6 Å². The van der Waals surface area contributed by atoms with Gasteiger partial charge in [0.25, 0.3) is 0 Å². The fourth-order valence-electron chi connectivity index (χ4n) is 3.43. The lowest BCUT2D eigenvalue weighted by molar-refractivity contribution is -0.130. The number of halogens is 1. The standard InChI is InChI=1S/C16H20ClNO3/c17-14-3-1-2-12(6-14)7-15(20)18-8-13-9-21-5-4-16(13,10-18)11-19/h1-3,6,13,19H,4-5,7-11H2/t13-,16-/m1/s1. The van der Waals surface area contributed by atoms with E-state index in [0.717, 1.165) is 12.0 Å². The Bertz CT molecular complexity index is 536. The number of carbonyl (C=O) groups is 1. The first-order valence-corrected chi connectivity index (χ1v) is 7.72. The van der Waals surface area contributed by atoms with Crippen LogP contribution in [0, 0.1) is 11.3 Å². The van der Waals surface area contributed by atoms with E-state index in [4.69, 9.17) is 16.3 Å². The molecule has 0 aliphatic carbocycles. The lowest BCUT2D eigenvalue weighted by atomic mass is 9.75. The van der Waals surface area contributed by atoms with Crippen molar-refractivity contribution in [2.24, 2.45) is 11.3 Å². The molecule has 1 aromatic rings. The predicted molar refractivity (Wildman–Crippen MR) is 80.2 cm³/mol. The van der Waals surface area contributed by atoms with E-state index in [1.54, 1.807) is 6.07 Å². The molecule has 1 aromatic carbocycles. The van der Waals surface area contributed by atoms with Crippen LogP contribution in [0.2, 0.25) is 5.02 Å². The topological polar surface area (TPSA) is 49.8 Å². The second-order valence-electron chi connectivity index (χ2n) is 6.12. The van der Waals surface area contributed by atoms with Gasteiger partial charge in [-0.25, -0.2) is 0 Å². The Kier molecular flexibility index (Phi) is 4.20. The van der Waals surface area contributed by atoms with Gasteiger partial charge in [0.1, 0.15) is 0 Å². The van der Waals surface area contributed by atoms with Crippen molar-refractivity contribution in [3.63, 3.8) is 0 Å². The van der Waals surface area contributed by atoms with Crippen LogP contribution < -0.4 is 0 Å². The molecule has 2 fully saturated rings. The molecule has 0 unspecified atom stereocenters. The van der Waals surface area contributed by atoms with Crippen molar-refractivity contribution >= 4 is 17.5 Å². The van der Waals surface area contributed by atoms with Crippen molar-refractivity contribution in [3.8, 4) is 0 Å². The molecule has 1 amide bonds. The number of hydrogen-bond acceptors (Lipinski definition) is 3. The van der Waals surface area contributed by atoms with Gasteiger partial charge in [-0.05, 0) is 24.1 Å². The fourth-order valence-corrected chi connectivity index (χ4v) is 3.64. The van der Waals surface area contributed by atoms with E-state index in [2.05, 4.69) is 0 Å². The molecule has 0 bridgehead atoms. The zero-order valence-corrected chi connectivity index (χ0v) is 12.7. The molecule has 1 N–H and O–H groups in total. The van der Waals surface area contributed by atoms with E-state index in [-0.39, 0.29) is 23.8 Å². The minimum Gasteiger partial charge on any atom is -0.396 e. The van der Waals surface area contributed by atoms with Crippen molar-refractivity contribution in [3.05, 3.63) is 34.9 Å². The number of nitrogens with zero attached hydrogens (tertiary/aromatic N) is 1. The first kappa shape index (κ1) is 14.8. The van der Waals surface area contributed by atoms with Crippen LogP contribution in [0.25, 0.3) is 0 Å². The Morgan fingerprint density at radius 1 is 1.52 bits per heavy atom. The van der Waals surface area contributed by atoms with E-state index in [0.29, 0.717) is 37.7 Å². The summed E-state index contributed by atoms with van der Waals surface area (Å²) in [6, 6.07) is 7.40. The number of ether oxygens (including phenoxy) is 1. The van der Waals surface area contributed by atoms with E-state index >= 15 is 0 Å². The second-order valence-corrected chi connectivity index (χ2v) is 6.56. The van der Waals surface area contributed by atoms with Crippen LogP contribution in [0.3, 0.4) is 0 Å². The first-order chi connectivity index (χ1) is 10.1. The van der Waals surface area contributed by atoms with Crippen LogP contribution in [-0.2, 0) is 16.0 Å². The van der Waals surface area contributed by atoms with Crippen molar-refractivity contribution in [2.75, 3.05) is 32.9 Å². The monoisotopic (exact) mass is 309 g/mol. The molecule has 0 radical (unpaired) electrons. The lowest BCUT2D eigenvalue weighted by Crippen LogP contribution is -2.41. The maximum atomic E-state index is 12.5. The summed E-state index contributed by atoms with van der Waals surface area (Å²) in [4.78, 5) is 14.4. The molecule has 0 saturated carbocycles. The molecule has 0 spiro atoms. The third kappa shape index (κ3) is 2.93. The largest absolute Gasteiger partial charge is 0.396 e. The third-order valence-corrected chi connectivity index (χ3v) is 5.02. The predicted octanol–water partition coefficient (Wildman–Crippen LogP) is 1.74. The average Bonchev–Trinajstić information content (AvgIpc) is 2.87. The average molecular weight is 310 g/mol. The maximum absolute atomic E-state index is 12.5. The molecule has 2 atom stereocenters. The number of rotatable bonds is 3. The minimum atomic E-state index is -0.164. The van der Waals surface area contributed by atoms with Crippen LogP contribution >= 0.6 is 11.6 Å². The number of carbonyl (C=O) groups excluding carboxylic acids is 1. The summed E-state index contributed by atoms with van der Waals surface area (Å²) in [5.74, 6) is 0.346. The molecule has 5 heteroatoms. The van der Waals surface area contributed by atoms with Crippen LogP contribution in [0.5, 0.6) is 0 Å². The van der Waals surface area contributed by atoms with Crippen LogP contribution in [0.15, 0.2) is 24.3 Å². The van der Waals surface area contributed by atoms with E-state index in [1.807, 2.05) is 23.1 Å². The van der Waals surface area contributed by atoms with Gasteiger partial charge in [0.2, 0.25) is 5.91 Å². The highest BCUT2D eigenvalue weighted by molar-refractivity contribution is 6.30. The number of benzene rings is 1. The fraction of sp³-hybridized carbons (Fsp3) is 0.562. The van der Waals surface area contributed by atoms with Gasteiger partial charge in [-0.1, -0.05) is 23.7 Å². The Morgan fingerprint density at radius 3 is 3.10 bits per heavy atom.